The molecule has 2 heteroatoms. The zero-order valence-corrected chi connectivity index (χ0v) is 11.0. The normalized spacial score (nSPS) is 13.4. The highest BCUT2D eigenvalue weighted by Crippen LogP contribution is 2.15. The van der Waals surface area contributed by atoms with Gasteiger partial charge in [0.15, 0.2) is 6.20 Å². The average molecular weight is 251 g/mol. The van der Waals surface area contributed by atoms with Crippen LogP contribution in [0.5, 0.6) is 0 Å². The lowest BCUT2D eigenvalue weighted by Crippen LogP contribution is -2.24. The Bertz CT molecular complexity index is 560. The molecule has 1 N–H and O–H groups in total. The van der Waals surface area contributed by atoms with Crippen molar-refractivity contribution in [2.45, 2.75) is 19.4 Å². The first kappa shape index (κ1) is 12.0. The molecule has 1 aliphatic heterocycles. The van der Waals surface area contributed by atoms with Gasteiger partial charge in [-0.3, -0.25) is 0 Å². The number of aromatic amines is 1. The van der Waals surface area contributed by atoms with Crippen LogP contribution >= 0.6 is 0 Å². The van der Waals surface area contributed by atoms with Crippen molar-refractivity contribution >= 4 is 6.08 Å². The molecule has 3 rings (SSSR count). The van der Waals surface area contributed by atoms with Gasteiger partial charge in [-0.1, -0.05) is 30.3 Å². The molecule has 0 spiro atoms. The van der Waals surface area contributed by atoms with E-state index in [1.54, 1.807) is 0 Å². The number of hydrogen-bond acceptors (Lipinski definition) is 1. The topological polar surface area (TPSA) is 17.4 Å². The second-order valence-corrected chi connectivity index (χ2v) is 4.98. The first-order valence-electron chi connectivity index (χ1n) is 6.87. The molecule has 96 valence electrons. The Balaban J connectivity index is 1.53. The van der Waals surface area contributed by atoms with Crippen molar-refractivity contribution in [3.05, 3.63) is 71.7 Å². The van der Waals surface area contributed by atoms with E-state index >= 15 is 0 Å². The van der Waals surface area contributed by atoms with E-state index in [9.17, 15) is 0 Å². The predicted octanol–water partition coefficient (Wildman–Crippen LogP) is 2.92. The summed E-state index contributed by atoms with van der Waals surface area (Å²) in [6.45, 7) is 2.12. The lowest BCUT2D eigenvalue weighted by atomic mass is 10.1. The molecule has 2 nitrogen and oxygen atoms in total. The number of rotatable bonds is 4. The molecule has 0 atom stereocenters. The fourth-order valence-corrected chi connectivity index (χ4v) is 2.51. The zero-order chi connectivity index (χ0) is 12.9. The van der Waals surface area contributed by atoms with E-state index in [0.29, 0.717) is 0 Å². The summed E-state index contributed by atoms with van der Waals surface area (Å²) in [7, 11) is 0. The number of H-pyrrole nitrogens is 1. The molecule has 0 aliphatic carbocycles. The van der Waals surface area contributed by atoms with Gasteiger partial charge < -0.3 is 4.90 Å². The number of aryl methyl sites for hydroxylation is 1. The predicted molar refractivity (Wildman–Crippen MR) is 77.2 cm³/mol. The third-order valence-corrected chi connectivity index (χ3v) is 3.56. The minimum Gasteiger partial charge on any atom is -0.373 e. The minimum absolute atomic E-state index is 1.01. The third kappa shape index (κ3) is 3.02. The molecular formula is C17H19N2+. The lowest BCUT2D eigenvalue weighted by molar-refractivity contribution is -0.382. The Kier molecular flexibility index (Phi) is 3.59. The summed E-state index contributed by atoms with van der Waals surface area (Å²) in [6, 6.07) is 15.0. The van der Waals surface area contributed by atoms with Crippen LogP contribution in [0.25, 0.3) is 6.08 Å². The van der Waals surface area contributed by atoms with Gasteiger partial charge in [0.2, 0.25) is 5.69 Å². The van der Waals surface area contributed by atoms with E-state index in [2.05, 4.69) is 64.6 Å². The molecular weight excluding hydrogens is 232 g/mol. The van der Waals surface area contributed by atoms with Crippen LogP contribution in [0.1, 0.15) is 23.2 Å². The number of hydrogen-bond donors (Lipinski definition) is 0. The van der Waals surface area contributed by atoms with Crippen molar-refractivity contribution in [1.29, 1.82) is 0 Å². The van der Waals surface area contributed by atoms with E-state index in [-0.39, 0.29) is 0 Å². The Labute approximate surface area is 114 Å². The van der Waals surface area contributed by atoms with Gasteiger partial charge in [0.05, 0.1) is 0 Å². The smallest absolute Gasteiger partial charge is 0.209 e. The average Bonchev–Trinajstić information content (AvgIpc) is 2.48. The van der Waals surface area contributed by atoms with E-state index in [1.807, 2.05) is 6.20 Å². The van der Waals surface area contributed by atoms with E-state index < -0.39 is 0 Å². The molecule has 2 aromatic rings. The van der Waals surface area contributed by atoms with Crippen molar-refractivity contribution in [3.63, 3.8) is 0 Å². The highest BCUT2D eigenvalue weighted by Gasteiger charge is 2.13. The molecule has 1 aliphatic rings. The first-order chi connectivity index (χ1) is 9.42. The molecule has 0 amide bonds. The van der Waals surface area contributed by atoms with Gasteiger partial charge in [-0.15, -0.1) is 0 Å². The SMILES string of the molecule is C1=CN(CCCc2ccccc2)Cc2ccc[nH+]c21. The molecule has 2 heterocycles. The molecule has 0 unspecified atom stereocenters. The van der Waals surface area contributed by atoms with Crippen LogP contribution in [0.2, 0.25) is 0 Å². The summed E-state index contributed by atoms with van der Waals surface area (Å²) >= 11 is 0. The van der Waals surface area contributed by atoms with Crippen LogP contribution in [0.4, 0.5) is 0 Å². The Morgan fingerprint density at radius 1 is 1.05 bits per heavy atom. The van der Waals surface area contributed by atoms with Crippen molar-refractivity contribution in [1.82, 2.24) is 4.90 Å². The minimum atomic E-state index is 1.01. The first-order valence-corrected chi connectivity index (χ1v) is 6.87. The second-order valence-electron chi connectivity index (χ2n) is 4.98. The number of nitrogens with one attached hydrogen (secondary N) is 1. The number of nitrogens with zero attached hydrogens (tertiary/aromatic N) is 1. The van der Waals surface area contributed by atoms with Gasteiger partial charge in [-0.2, -0.15) is 0 Å². The summed E-state index contributed by atoms with van der Waals surface area (Å²) < 4.78 is 0. The van der Waals surface area contributed by atoms with Gasteiger partial charge in [0.1, 0.15) is 0 Å². The summed E-state index contributed by atoms with van der Waals surface area (Å²) in [5.74, 6) is 0. The van der Waals surface area contributed by atoms with Gasteiger partial charge in [0, 0.05) is 37.0 Å². The summed E-state index contributed by atoms with van der Waals surface area (Å²) in [5.41, 5.74) is 4.05. The van der Waals surface area contributed by atoms with Crippen LogP contribution in [0.3, 0.4) is 0 Å². The molecule has 0 radical (unpaired) electrons. The number of pyridine rings is 1. The van der Waals surface area contributed by atoms with E-state index in [1.165, 1.54) is 23.2 Å². The molecule has 1 aromatic carbocycles. The Morgan fingerprint density at radius 2 is 1.95 bits per heavy atom. The fraction of sp³-hybridized carbons (Fsp3) is 0.235. The number of aromatic nitrogens is 1. The van der Waals surface area contributed by atoms with Gasteiger partial charge in [-0.05, 0) is 24.5 Å². The molecule has 1 aromatic heterocycles. The Morgan fingerprint density at radius 3 is 2.84 bits per heavy atom. The van der Waals surface area contributed by atoms with E-state index in [0.717, 1.165) is 19.5 Å². The summed E-state index contributed by atoms with van der Waals surface area (Å²) in [4.78, 5) is 5.67. The summed E-state index contributed by atoms with van der Waals surface area (Å²) in [6.07, 6.45) is 8.69. The van der Waals surface area contributed by atoms with Crippen LogP contribution in [0.15, 0.2) is 54.9 Å². The van der Waals surface area contributed by atoms with Crippen molar-refractivity contribution in [3.8, 4) is 0 Å². The van der Waals surface area contributed by atoms with Crippen molar-refractivity contribution < 1.29 is 4.98 Å². The maximum atomic E-state index is 3.28. The quantitative estimate of drug-likeness (QED) is 0.816. The third-order valence-electron chi connectivity index (χ3n) is 3.56. The Hall–Kier alpha value is -2.09. The molecule has 0 bridgehead atoms. The number of benzene rings is 1. The van der Waals surface area contributed by atoms with Gasteiger partial charge in [-0.25, -0.2) is 4.98 Å². The van der Waals surface area contributed by atoms with Gasteiger partial charge in [0.25, 0.3) is 0 Å². The monoisotopic (exact) mass is 251 g/mol. The molecule has 19 heavy (non-hydrogen) atoms. The molecule has 0 fully saturated rings. The molecule has 0 saturated heterocycles. The van der Waals surface area contributed by atoms with Crippen LogP contribution < -0.4 is 4.98 Å². The highest BCUT2D eigenvalue weighted by atomic mass is 15.1. The van der Waals surface area contributed by atoms with Crippen LogP contribution in [-0.4, -0.2) is 11.4 Å². The number of fused-ring (bicyclic) bond motifs is 1. The zero-order valence-electron chi connectivity index (χ0n) is 11.0. The lowest BCUT2D eigenvalue weighted by Gasteiger charge is -2.23. The highest BCUT2D eigenvalue weighted by molar-refractivity contribution is 5.47. The standard InChI is InChI=1S/C17H18N2/c1-2-6-15(7-3-1)8-5-12-19-13-10-17-16(14-19)9-4-11-18-17/h1-4,6-7,9-11,13H,5,8,12,14H2/p+1. The fourth-order valence-electron chi connectivity index (χ4n) is 2.51. The van der Waals surface area contributed by atoms with Crippen molar-refractivity contribution in [2.75, 3.05) is 6.54 Å². The van der Waals surface area contributed by atoms with Crippen LogP contribution in [0, 0.1) is 0 Å². The maximum Gasteiger partial charge on any atom is 0.209 e. The van der Waals surface area contributed by atoms with E-state index in [4.69, 9.17) is 0 Å². The largest absolute Gasteiger partial charge is 0.373 e. The van der Waals surface area contributed by atoms with Crippen LogP contribution in [-0.2, 0) is 13.0 Å². The maximum absolute atomic E-state index is 3.28. The molecule has 0 saturated carbocycles. The van der Waals surface area contributed by atoms with Crippen molar-refractivity contribution in [2.24, 2.45) is 0 Å². The van der Waals surface area contributed by atoms with Gasteiger partial charge >= 0.3 is 0 Å². The second kappa shape index (κ2) is 5.70. The summed E-state index contributed by atoms with van der Waals surface area (Å²) in [5, 5.41) is 0.